The fraction of sp³-hybridized carbons (Fsp3) is 0.263. The lowest BCUT2D eigenvalue weighted by atomic mass is 10.2. The summed E-state index contributed by atoms with van der Waals surface area (Å²) >= 11 is 0. The van der Waals surface area contributed by atoms with Crippen LogP contribution in [-0.2, 0) is 6.54 Å². The molecule has 0 atom stereocenters. The fourth-order valence-corrected chi connectivity index (χ4v) is 3.05. The monoisotopic (exact) mass is 362 g/mol. The van der Waals surface area contributed by atoms with Crippen LogP contribution in [0.15, 0.2) is 60.0 Å². The number of H-pyrrole nitrogens is 1. The van der Waals surface area contributed by atoms with Gasteiger partial charge in [0.15, 0.2) is 5.96 Å². The highest BCUT2D eigenvalue weighted by Crippen LogP contribution is 2.16. The second-order valence-corrected chi connectivity index (χ2v) is 6.31. The minimum absolute atomic E-state index is 0.431. The summed E-state index contributed by atoms with van der Waals surface area (Å²) in [6.45, 7) is 3.65. The van der Waals surface area contributed by atoms with Gasteiger partial charge < -0.3 is 20.5 Å². The predicted octanol–water partition coefficient (Wildman–Crippen LogP) is 1.50. The number of hydrogen-bond donors (Lipinski definition) is 2. The Hall–Kier alpha value is -3.42. The number of rotatable bonds is 4. The number of nitrogens with one attached hydrogen (secondary N) is 1. The third kappa shape index (κ3) is 4.05. The zero-order valence-corrected chi connectivity index (χ0v) is 15.0. The van der Waals surface area contributed by atoms with Crippen LogP contribution in [0.3, 0.4) is 0 Å². The van der Waals surface area contributed by atoms with Gasteiger partial charge in [0.05, 0.1) is 11.9 Å². The lowest BCUT2D eigenvalue weighted by Gasteiger charge is -2.35. The molecule has 1 aliphatic heterocycles. The first-order valence-corrected chi connectivity index (χ1v) is 8.96. The highest BCUT2D eigenvalue weighted by Gasteiger charge is 2.19. The van der Waals surface area contributed by atoms with Crippen LogP contribution in [0.1, 0.15) is 5.82 Å². The maximum Gasteiger partial charge on any atom is 0.225 e. The van der Waals surface area contributed by atoms with Crippen LogP contribution in [0.2, 0.25) is 0 Å². The van der Waals surface area contributed by atoms with E-state index in [1.165, 1.54) is 0 Å². The number of nitrogens with zero attached hydrogens (tertiary/aromatic N) is 6. The van der Waals surface area contributed by atoms with Crippen LogP contribution >= 0.6 is 0 Å². The van der Waals surface area contributed by atoms with Crippen LogP contribution in [0.4, 0.5) is 5.95 Å². The van der Waals surface area contributed by atoms with Crippen LogP contribution in [0.25, 0.3) is 11.3 Å². The largest absolute Gasteiger partial charge is 0.370 e. The van der Waals surface area contributed by atoms with E-state index < -0.39 is 0 Å². The van der Waals surface area contributed by atoms with E-state index in [4.69, 9.17) is 5.73 Å². The molecule has 0 saturated carbocycles. The molecule has 3 N–H and O–H groups in total. The second-order valence-electron chi connectivity index (χ2n) is 6.31. The van der Waals surface area contributed by atoms with Crippen molar-refractivity contribution in [3.63, 3.8) is 0 Å². The molecular weight excluding hydrogens is 340 g/mol. The number of anilines is 1. The lowest BCUT2D eigenvalue weighted by molar-refractivity contribution is 0.378. The first-order chi connectivity index (χ1) is 13.3. The van der Waals surface area contributed by atoms with Gasteiger partial charge in [-0.1, -0.05) is 30.3 Å². The maximum atomic E-state index is 6.18. The topological polar surface area (TPSA) is 99.3 Å². The van der Waals surface area contributed by atoms with Gasteiger partial charge >= 0.3 is 0 Å². The molecule has 0 unspecified atom stereocenters. The van der Waals surface area contributed by atoms with E-state index in [-0.39, 0.29) is 0 Å². The molecule has 0 aliphatic carbocycles. The summed E-state index contributed by atoms with van der Waals surface area (Å²) in [7, 11) is 0. The third-order valence-corrected chi connectivity index (χ3v) is 4.54. The number of benzene rings is 1. The van der Waals surface area contributed by atoms with Gasteiger partial charge in [0.25, 0.3) is 0 Å². The lowest BCUT2D eigenvalue weighted by Crippen LogP contribution is -2.51. The first kappa shape index (κ1) is 17.0. The standard InChI is InChI=1S/C19H22N8/c20-18(26-9-11-27(12-10-26)19-21-7-4-8-22-19)24-14-17-23-13-16(25-17)15-5-2-1-3-6-15/h1-8,13H,9-12,14H2,(H2,20,24)(H,23,25). The van der Waals surface area contributed by atoms with E-state index in [0.717, 1.165) is 49.2 Å². The zero-order valence-electron chi connectivity index (χ0n) is 15.0. The second kappa shape index (κ2) is 7.86. The van der Waals surface area contributed by atoms with Crippen molar-refractivity contribution >= 4 is 11.9 Å². The van der Waals surface area contributed by atoms with E-state index >= 15 is 0 Å². The Morgan fingerprint density at radius 3 is 2.48 bits per heavy atom. The van der Waals surface area contributed by atoms with Gasteiger partial charge in [-0.3, -0.25) is 0 Å². The average molecular weight is 362 g/mol. The van der Waals surface area contributed by atoms with Crippen LogP contribution in [-0.4, -0.2) is 57.0 Å². The Morgan fingerprint density at radius 2 is 1.74 bits per heavy atom. The van der Waals surface area contributed by atoms with Crippen molar-refractivity contribution in [2.24, 2.45) is 10.7 Å². The summed E-state index contributed by atoms with van der Waals surface area (Å²) in [4.78, 5) is 25.0. The van der Waals surface area contributed by atoms with Crippen molar-refractivity contribution in [2.45, 2.75) is 6.54 Å². The molecule has 4 rings (SSSR count). The molecule has 138 valence electrons. The minimum Gasteiger partial charge on any atom is -0.370 e. The van der Waals surface area contributed by atoms with Gasteiger partial charge in [0.1, 0.15) is 12.4 Å². The van der Waals surface area contributed by atoms with E-state index in [2.05, 4.69) is 34.7 Å². The summed E-state index contributed by atoms with van der Waals surface area (Å²) in [6.07, 6.45) is 5.35. The Morgan fingerprint density at radius 1 is 1.00 bits per heavy atom. The summed E-state index contributed by atoms with van der Waals surface area (Å²) in [5.41, 5.74) is 8.27. The molecule has 3 aromatic rings. The zero-order chi connectivity index (χ0) is 18.5. The Balaban J connectivity index is 1.33. The number of aromatic nitrogens is 4. The summed E-state index contributed by atoms with van der Waals surface area (Å²) in [5, 5.41) is 0. The number of guanidine groups is 1. The summed E-state index contributed by atoms with van der Waals surface area (Å²) < 4.78 is 0. The van der Waals surface area contributed by atoms with E-state index in [1.807, 2.05) is 42.6 Å². The first-order valence-electron chi connectivity index (χ1n) is 8.96. The maximum absolute atomic E-state index is 6.18. The molecule has 0 spiro atoms. The van der Waals surface area contributed by atoms with Crippen molar-refractivity contribution < 1.29 is 0 Å². The molecule has 0 amide bonds. The van der Waals surface area contributed by atoms with Gasteiger partial charge in [-0.15, -0.1) is 0 Å². The smallest absolute Gasteiger partial charge is 0.225 e. The summed E-state index contributed by atoms with van der Waals surface area (Å²) in [5.74, 6) is 2.10. The van der Waals surface area contributed by atoms with E-state index in [1.54, 1.807) is 12.4 Å². The highest BCUT2D eigenvalue weighted by atomic mass is 15.4. The van der Waals surface area contributed by atoms with Gasteiger partial charge in [-0.05, 0) is 11.6 Å². The number of hydrogen-bond acceptors (Lipinski definition) is 5. The molecule has 27 heavy (non-hydrogen) atoms. The molecule has 1 aromatic carbocycles. The van der Waals surface area contributed by atoms with Crippen molar-refractivity contribution in [1.82, 2.24) is 24.8 Å². The average Bonchev–Trinajstić information content (AvgIpc) is 3.22. The Labute approximate surface area is 157 Å². The van der Waals surface area contributed by atoms with Gasteiger partial charge in [0.2, 0.25) is 5.95 Å². The number of aliphatic imine (C=N–C) groups is 1. The molecule has 1 fully saturated rings. The fourth-order valence-electron chi connectivity index (χ4n) is 3.05. The van der Waals surface area contributed by atoms with E-state index in [0.29, 0.717) is 12.5 Å². The molecule has 8 nitrogen and oxygen atoms in total. The molecule has 0 radical (unpaired) electrons. The Kier molecular flexibility index (Phi) is 4.95. The minimum atomic E-state index is 0.431. The molecule has 8 heteroatoms. The Bertz CT molecular complexity index is 882. The van der Waals surface area contributed by atoms with Crippen LogP contribution in [0.5, 0.6) is 0 Å². The third-order valence-electron chi connectivity index (χ3n) is 4.54. The molecule has 0 bridgehead atoms. The molecule has 1 saturated heterocycles. The van der Waals surface area contributed by atoms with Crippen LogP contribution < -0.4 is 10.6 Å². The van der Waals surface area contributed by atoms with Crippen molar-refractivity contribution in [1.29, 1.82) is 0 Å². The molecule has 2 aromatic heterocycles. The number of nitrogens with two attached hydrogens (primary N) is 1. The molecule has 1 aliphatic rings. The molecular formula is C19H22N8. The highest BCUT2D eigenvalue weighted by molar-refractivity contribution is 5.78. The SMILES string of the molecule is NC(=NCc1ncc(-c2ccccc2)[nH]1)N1CCN(c2ncccn2)CC1. The van der Waals surface area contributed by atoms with Gasteiger partial charge in [-0.25, -0.2) is 19.9 Å². The van der Waals surface area contributed by atoms with Crippen molar-refractivity contribution in [3.8, 4) is 11.3 Å². The number of piperazine rings is 1. The normalized spacial score (nSPS) is 15.2. The summed E-state index contributed by atoms with van der Waals surface area (Å²) in [6, 6.07) is 11.9. The van der Waals surface area contributed by atoms with Crippen molar-refractivity contribution in [2.75, 3.05) is 31.1 Å². The molecule has 3 heterocycles. The number of imidazole rings is 1. The van der Waals surface area contributed by atoms with Gasteiger partial charge in [0, 0.05) is 38.6 Å². The van der Waals surface area contributed by atoms with Gasteiger partial charge in [-0.2, -0.15) is 0 Å². The quantitative estimate of drug-likeness (QED) is 0.539. The van der Waals surface area contributed by atoms with Crippen LogP contribution in [0, 0.1) is 0 Å². The number of aromatic amines is 1. The van der Waals surface area contributed by atoms with E-state index in [9.17, 15) is 0 Å². The van der Waals surface area contributed by atoms with Crippen molar-refractivity contribution in [3.05, 3.63) is 60.8 Å². The predicted molar refractivity (Wildman–Crippen MR) is 105 cm³/mol.